The number of nitro benzene ring substituents is 1. The summed E-state index contributed by atoms with van der Waals surface area (Å²) in [6.07, 6.45) is 1.45. The number of carbonyl (C=O) groups excluding carboxylic acids is 1. The van der Waals surface area contributed by atoms with Gasteiger partial charge in [-0.15, -0.1) is 11.8 Å². The normalized spacial score (nSPS) is 16.2. The van der Waals surface area contributed by atoms with Crippen LogP contribution >= 0.6 is 27.7 Å². The first kappa shape index (κ1) is 17.0. The summed E-state index contributed by atoms with van der Waals surface area (Å²) in [6, 6.07) is 1.30. The van der Waals surface area contributed by atoms with Gasteiger partial charge in [-0.1, -0.05) is 0 Å². The van der Waals surface area contributed by atoms with E-state index in [1.165, 1.54) is 24.0 Å². The third kappa shape index (κ3) is 2.51. The monoisotopic (exact) mass is 412 g/mol. The molecule has 0 saturated heterocycles. The van der Waals surface area contributed by atoms with E-state index in [1.54, 1.807) is 11.5 Å². The zero-order valence-electron chi connectivity index (χ0n) is 12.9. The van der Waals surface area contributed by atoms with Gasteiger partial charge in [-0.05, 0) is 29.8 Å². The number of non-ortho nitro benzene ring substituents is 1. The molecule has 0 amide bonds. The van der Waals surface area contributed by atoms with Crippen molar-refractivity contribution in [2.75, 3.05) is 12.4 Å². The Morgan fingerprint density at radius 1 is 1.58 bits per heavy atom. The third-order valence-electron chi connectivity index (χ3n) is 3.82. The van der Waals surface area contributed by atoms with Gasteiger partial charge in [0.1, 0.15) is 10.9 Å². The van der Waals surface area contributed by atoms with E-state index < -0.39 is 16.3 Å². The molecular formula is C15H13BrN2O5S. The molecule has 2 heterocycles. The molecule has 1 aliphatic heterocycles. The Labute approximate surface area is 149 Å². The van der Waals surface area contributed by atoms with Crippen LogP contribution in [0.4, 0.5) is 5.69 Å². The highest BCUT2D eigenvalue weighted by molar-refractivity contribution is 9.10. The summed E-state index contributed by atoms with van der Waals surface area (Å²) < 4.78 is 7.25. The molecule has 9 heteroatoms. The van der Waals surface area contributed by atoms with Gasteiger partial charge >= 0.3 is 5.97 Å². The van der Waals surface area contributed by atoms with Gasteiger partial charge in [0.05, 0.1) is 17.0 Å². The van der Waals surface area contributed by atoms with Crippen LogP contribution in [0.2, 0.25) is 0 Å². The maximum Gasteiger partial charge on any atom is 0.343 e. The highest BCUT2D eigenvalue weighted by Crippen LogP contribution is 2.43. The summed E-state index contributed by atoms with van der Waals surface area (Å²) in [5.74, 6) is -0.0405. The summed E-state index contributed by atoms with van der Waals surface area (Å²) in [4.78, 5) is 36.5. The second kappa shape index (κ2) is 6.21. The molecule has 0 unspecified atom stereocenters. The van der Waals surface area contributed by atoms with Crippen LogP contribution in [0.5, 0.6) is 0 Å². The lowest BCUT2D eigenvalue weighted by atomic mass is 10.1. The van der Waals surface area contributed by atoms with Crippen molar-refractivity contribution in [2.24, 2.45) is 0 Å². The van der Waals surface area contributed by atoms with E-state index in [1.807, 2.05) is 6.92 Å². The molecule has 0 fully saturated rings. The number of nitro groups is 1. The summed E-state index contributed by atoms with van der Waals surface area (Å²) in [7, 11) is 0. The summed E-state index contributed by atoms with van der Waals surface area (Å²) >= 11 is 4.87. The zero-order valence-corrected chi connectivity index (χ0v) is 15.3. The molecule has 0 spiro atoms. The molecule has 0 bridgehead atoms. The van der Waals surface area contributed by atoms with Gasteiger partial charge in [-0.25, -0.2) is 4.79 Å². The number of aromatic nitrogens is 1. The van der Waals surface area contributed by atoms with Gasteiger partial charge in [0, 0.05) is 33.4 Å². The van der Waals surface area contributed by atoms with Gasteiger partial charge in [0.25, 0.3) is 5.69 Å². The van der Waals surface area contributed by atoms with Crippen LogP contribution in [0.15, 0.2) is 26.4 Å². The minimum absolute atomic E-state index is 0.0207. The van der Waals surface area contributed by atoms with Gasteiger partial charge in [-0.3, -0.25) is 14.9 Å². The number of benzene rings is 1. The number of carbonyl (C=O) groups is 1. The van der Waals surface area contributed by atoms with Crippen LogP contribution in [0.3, 0.4) is 0 Å². The van der Waals surface area contributed by atoms with E-state index in [0.29, 0.717) is 9.99 Å². The number of hydrogen-bond donors (Lipinski definition) is 0. The van der Waals surface area contributed by atoms with Crippen molar-refractivity contribution >= 4 is 50.3 Å². The lowest BCUT2D eigenvalue weighted by Crippen LogP contribution is -2.25. The van der Waals surface area contributed by atoms with E-state index >= 15 is 0 Å². The maximum absolute atomic E-state index is 12.8. The number of nitrogens with zero attached hydrogens (tertiary/aromatic N) is 2. The molecule has 0 radical (unpaired) electrons. The van der Waals surface area contributed by atoms with Gasteiger partial charge in [-0.2, -0.15) is 0 Å². The standard InChI is InChI=1S/C15H13BrN2O5S/c1-3-23-15(20)8-5-17-7(2)6-24-14-9(16)4-10(18(21)22)11(12(14)17)13(8)19/h4-5,7H,3,6H2,1-2H3/t7-/m0/s1. The first-order valence-electron chi connectivity index (χ1n) is 7.22. The van der Waals surface area contributed by atoms with Crippen molar-refractivity contribution in [2.45, 2.75) is 24.8 Å². The topological polar surface area (TPSA) is 91.4 Å². The molecule has 3 rings (SSSR count). The highest BCUT2D eigenvalue weighted by atomic mass is 79.9. The van der Waals surface area contributed by atoms with Gasteiger partial charge < -0.3 is 9.30 Å². The third-order valence-corrected chi connectivity index (χ3v) is 6.06. The average Bonchev–Trinajstić information content (AvgIpc) is 2.53. The second-order valence-electron chi connectivity index (χ2n) is 5.35. The smallest absolute Gasteiger partial charge is 0.343 e. The molecule has 0 aliphatic carbocycles. The molecule has 126 valence electrons. The average molecular weight is 413 g/mol. The van der Waals surface area contributed by atoms with Crippen LogP contribution in [0, 0.1) is 10.1 Å². The van der Waals surface area contributed by atoms with Crippen LogP contribution in [-0.2, 0) is 4.74 Å². The Balaban J connectivity index is 2.50. The fourth-order valence-electron chi connectivity index (χ4n) is 2.74. The first-order valence-corrected chi connectivity index (χ1v) is 9.00. The molecular weight excluding hydrogens is 400 g/mol. The number of esters is 1. The Hall–Kier alpha value is -1.87. The number of pyridine rings is 1. The quantitative estimate of drug-likeness (QED) is 0.435. The van der Waals surface area contributed by atoms with Crippen molar-refractivity contribution in [1.29, 1.82) is 0 Å². The van der Waals surface area contributed by atoms with Crippen molar-refractivity contribution < 1.29 is 14.5 Å². The van der Waals surface area contributed by atoms with Crippen LogP contribution in [0.25, 0.3) is 10.9 Å². The predicted octanol–water partition coefficient (Wildman–Crippen LogP) is 3.52. The molecule has 7 nitrogen and oxygen atoms in total. The lowest BCUT2D eigenvalue weighted by molar-refractivity contribution is -0.383. The Bertz CT molecular complexity index is 940. The maximum atomic E-state index is 12.8. The number of rotatable bonds is 3. The molecule has 1 aromatic heterocycles. The fraction of sp³-hybridized carbons (Fsp3) is 0.333. The van der Waals surface area contributed by atoms with E-state index in [-0.39, 0.29) is 29.3 Å². The number of halogens is 1. The molecule has 1 atom stereocenters. The lowest BCUT2D eigenvalue weighted by Gasteiger charge is -2.26. The fourth-order valence-corrected chi connectivity index (χ4v) is 4.60. The molecule has 1 aliphatic rings. The molecule has 1 aromatic carbocycles. The largest absolute Gasteiger partial charge is 0.462 e. The number of hydrogen-bond acceptors (Lipinski definition) is 6. The van der Waals surface area contributed by atoms with E-state index in [4.69, 9.17) is 4.74 Å². The highest BCUT2D eigenvalue weighted by Gasteiger charge is 2.30. The van der Waals surface area contributed by atoms with Crippen molar-refractivity contribution in [3.8, 4) is 0 Å². The minimum Gasteiger partial charge on any atom is -0.462 e. The molecule has 2 aromatic rings. The molecule has 0 saturated carbocycles. The zero-order chi connectivity index (χ0) is 17.6. The molecule has 0 N–H and O–H groups in total. The summed E-state index contributed by atoms with van der Waals surface area (Å²) in [5.41, 5.74) is -0.688. The van der Waals surface area contributed by atoms with Crippen LogP contribution in [0.1, 0.15) is 30.2 Å². The minimum atomic E-state index is -0.766. The van der Waals surface area contributed by atoms with Crippen molar-refractivity contribution in [3.05, 3.63) is 42.6 Å². The van der Waals surface area contributed by atoms with Crippen molar-refractivity contribution in [3.63, 3.8) is 0 Å². The Kier molecular flexibility index (Phi) is 4.39. The second-order valence-corrected chi connectivity index (χ2v) is 7.23. The summed E-state index contributed by atoms with van der Waals surface area (Å²) in [6.45, 7) is 3.69. The van der Waals surface area contributed by atoms with E-state index in [2.05, 4.69) is 15.9 Å². The Morgan fingerprint density at radius 3 is 2.92 bits per heavy atom. The summed E-state index contributed by atoms with van der Waals surface area (Å²) in [5, 5.41) is 11.4. The van der Waals surface area contributed by atoms with E-state index in [9.17, 15) is 19.7 Å². The van der Waals surface area contributed by atoms with Crippen LogP contribution in [-0.4, -0.2) is 27.8 Å². The van der Waals surface area contributed by atoms with Crippen LogP contribution < -0.4 is 5.43 Å². The first-order chi connectivity index (χ1) is 11.4. The predicted molar refractivity (Wildman–Crippen MR) is 94.0 cm³/mol. The van der Waals surface area contributed by atoms with Crippen molar-refractivity contribution in [1.82, 2.24) is 4.57 Å². The number of thioether (sulfide) groups is 1. The molecule has 24 heavy (non-hydrogen) atoms. The van der Waals surface area contributed by atoms with Gasteiger partial charge in [0.15, 0.2) is 0 Å². The number of ether oxygens (including phenoxy) is 1. The SMILES string of the molecule is CCOC(=O)c1cn2c3c(c(Br)cc([N+](=O)[O-])c3c1=O)SC[C@@H]2C. The Morgan fingerprint density at radius 2 is 2.29 bits per heavy atom. The van der Waals surface area contributed by atoms with Gasteiger partial charge in [0.2, 0.25) is 5.43 Å². The van der Waals surface area contributed by atoms with E-state index in [0.717, 1.165) is 10.6 Å².